The van der Waals surface area contributed by atoms with Crippen LogP contribution in [0.5, 0.6) is 0 Å². The molecule has 0 heterocycles. The monoisotopic (exact) mass is 265 g/mol. The summed E-state index contributed by atoms with van der Waals surface area (Å²) in [7, 11) is 0. The zero-order valence-corrected chi connectivity index (χ0v) is 11.7. The van der Waals surface area contributed by atoms with Gasteiger partial charge in [-0.05, 0) is 30.0 Å². The molecular formula is C14H23N3O2. The van der Waals surface area contributed by atoms with E-state index in [1.54, 1.807) is 18.2 Å². The highest BCUT2D eigenvalue weighted by Crippen LogP contribution is 2.23. The molecule has 0 radical (unpaired) electrons. The van der Waals surface area contributed by atoms with Gasteiger partial charge in [-0.25, -0.2) is 0 Å². The van der Waals surface area contributed by atoms with E-state index in [0.29, 0.717) is 29.9 Å². The van der Waals surface area contributed by atoms with E-state index < -0.39 is 12.0 Å². The van der Waals surface area contributed by atoms with Gasteiger partial charge < -0.3 is 21.9 Å². The number of nitrogen functional groups attached to an aromatic ring is 1. The van der Waals surface area contributed by atoms with Crippen molar-refractivity contribution in [3.63, 3.8) is 0 Å². The number of aliphatic hydroxyl groups excluding tert-OH is 1. The lowest BCUT2D eigenvalue weighted by Crippen LogP contribution is -2.25. The van der Waals surface area contributed by atoms with Crippen LogP contribution in [0.3, 0.4) is 0 Å². The number of benzene rings is 1. The summed E-state index contributed by atoms with van der Waals surface area (Å²) in [6.45, 7) is 6.58. The third kappa shape index (κ3) is 5.18. The fourth-order valence-corrected chi connectivity index (χ4v) is 1.87. The number of aliphatic hydroxyl groups is 1. The molecule has 0 saturated carbocycles. The van der Waals surface area contributed by atoms with Crippen LogP contribution in [0.2, 0.25) is 0 Å². The Labute approximate surface area is 114 Å². The molecule has 0 fully saturated rings. The van der Waals surface area contributed by atoms with Crippen LogP contribution in [0, 0.1) is 5.41 Å². The highest BCUT2D eigenvalue weighted by atomic mass is 16.3. The van der Waals surface area contributed by atoms with Gasteiger partial charge in [-0.2, -0.15) is 0 Å². The van der Waals surface area contributed by atoms with E-state index in [1.165, 1.54) is 0 Å². The Morgan fingerprint density at radius 2 is 2.05 bits per heavy atom. The van der Waals surface area contributed by atoms with E-state index in [4.69, 9.17) is 11.5 Å². The van der Waals surface area contributed by atoms with Crippen LogP contribution in [0.15, 0.2) is 18.2 Å². The van der Waals surface area contributed by atoms with Gasteiger partial charge >= 0.3 is 0 Å². The minimum atomic E-state index is -0.502. The summed E-state index contributed by atoms with van der Waals surface area (Å²) >= 11 is 0. The predicted octanol–water partition coefficient (Wildman–Crippen LogP) is 1.58. The van der Waals surface area contributed by atoms with Crippen molar-refractivity contribution >= 4 is 17.3 Å². The number of primary amides is 1. The Hall–Kier alpha value is -1.75. The molecule has 1 amide bonds. The number of hydrogen-bond donors (Lipinski definition) is 4. The molecule has 5 heteroatoms. The molecule has 1 unspecified atom stereocenters. The van der Waals surface area contributed by atoms with Gasteiger partial charge in [0.05, 0.1) is 17.5 Å². The minimum Gasteiger partial charge on any atom is -0.397 e. The van der Waals surface area contributed by atoms with Crippen LogP contribution in [0.1, 0.15) is 37.6 Å². The first-order valence-corrected chi connectivity index (χ1v) is 6.30. The maximum atomic E-state index is 11.1. The molecule has 1 aromatic rings. The standard InChI is InChI=1S/C14H23N3O2/c1-14(2,3)7-10(18)8-17-12-6-9(13(16)19)4-5-11(12)15/h4-6,10,17-18H,7-8,15H2,1-3H3,(H2,16,19). The summed E-state index contributed by atoms with van der Waals surface area (Å²) in [5.41, 5.74) is 12.6. The van der Waals surface area contributed by atoms with E-state index in [2.05, 4.69) is 26.1 Å². The van der Waals surface area contributed by atoms with Crippen molar-refractivity contribution in [1.82, 2.24) is 0 Å². The second kappa shape index (κ2) is 5.93. The van der Waals surface area contributed by atoms with Crippen molar-refractivity contribution in [1.29, 1.82) is 0 Å². The number of nitrogens with two attached hydrogens (primary N) is 2. The zero-order chi connectivity index (χ0) is 14.6. The summed E-state index contributed by atoms with van der Waals surface area (Å²) in [5, 5.41) is 13.0. The number of nitrogens with one attached hydrogen (secondary N) is 1. The van der Waals surface area contributed by atoms with Gasteiger partial charge in [-0.15, -0.1) is 0 Å². The van der Waals surface area contributed by atoms with Crippen molar-refractivity contribution in [3.05, 3.63) is 23.8 Å². The Balaban J connectivity index is 2.67. The summed E-state index contributed by atoms with van der Waals surface area (Å²) in [6, 6.07) is 4.80. The molecule has 0 aliphatic rings. The SMILES string of the molecule is CC(C)(C)CC(O)CNc1cc(C(N)=O)ccc1N. The lowest BCUT2D eigenvalue weighted by atomic mass is 9.89. The van der Waals surface area contributed by atoms with Crippen LogP contribution >= 0.6 is 0 Å². The van der Waals surface area contributed by atoms with Gasteiger partial charge in [0.25, 0.3) is 0 Å². The zero-order valence-electron chi connectivity index (χ0n) is 11.7. The molecule has 0 bridgehead atoms. The largest absolute Gasteiger partial charge is 0.397 e. The summed E-state index contributed by atoms with van der Waals surface area (Å²) in [5.74, 6) is -0.502. The van der Waals surface area contributed by atoms with E-state index in [-0.39, 0.29) is 5.41 Å². The van der Waals surface area contributed by atoms with Gasteiger partial charge in [0.1, 0.15) is 0 Å². The molecule has 0 aromatic heterocycles. The summed E-state index contributed by atoms with van der Waals surface area (Å²) in [6.07, 6.45) is 0.201. The van der Waals surface area contributed by atoms with Crippen LogP contribution in [-0.2, 0) is 0 Å². The Bertz CT molecular complexity index is 452. The number of hydrogen-bond acceptors (Lipinski definition) is 4. The van der Waals surface area contributed by atoms with Gasteiger partial charge in [0.15, 0.2) is 0 Å². The Morgan fingerprint density at radius 1 is 1.42 bits per heavy atom. The smallest absolute Gasteiger partial charge is 0.248 e. The van der Waals surface area contributed by atoms with Crippen LogP contribution in [-0.4, -0.2) is 23.7 Å². The fraction of sp³-hybridized carbons (Fsp3) is 0.500. The number of amides is 1. The number of rotatable bonds is 5. The third-order valence-corrected chi connectivity index (χ3v) is 2.71. The Kier molecular flexibility index (Phi) is 4.78. The molecule has 0 aliphatic carbocycles. The van der Waals surface area contributed by atoms with Crippen molar-refractivity contribution in [3.8, 4) is 0 Å². The number of carbonyl (C=O) groups excluding carboxylic acids is 1. The molecule has 5 nitrogen and oxygen atoms in total. The molecule has 1 atom stereocenters. The first-order valence-electron chi connectivity index (χ1n) is 6.30. The highest BCUT2D eigenvalue weighted by Gasteiger charge is 2.16. The molecule has 0 saturated heterocycles. The Morgan fingerprint density at radius 3 is 2.58 bits per heavy atom. The molecule has 0 spiro atoms. The quantitative estimate of drug-likeness (QED) is 0.607. The molecule has 106 valence electrons. The predicted molar refractivity (Wildman–Crippen MR) is 77.9 cm³/mol. The molecule has 1 rings (SSSR count). The highest BCUT2D eigenvalue weighted by molar-refractivity contribution is 5.94. The minimum absolute atomic E-state index is 0.0573. The van der Waals surface area contributed by atoms with Crippen molar-refractivity contribution in [2.24, 2.45) is 11.1 Å². The van der Waals surface area contributed by atoms with Crippen molar-refractivity contribution in [2.75, 3.05) is 17.6 Å². The summed E-state index contributed by atoms with van der Waals surface area (Å²) in [4.78, 5) is 11.1. The number of carbonyl (C=O) groups is 1. The lowest BCUT2D eigenvalue weighted by Gasteiger charge is -2.23. The molecule has 0 aliphatic heterocycles. The second-order valence-corrected chi connectivity index (χ2v) is 5.97. The van der Waals surface area contributed by atoms with Crippen molar-refractivity contribution in [2.45, 2.75) is 33.3 Å². The van der Waals surface area contributed by atoms with E-state index in [0.717, 1.165) is 0 Å². The van der Waals surface area contributed by atoms with Crippen LogP contribution < -0.4 is 16.8 Å². The topological polar surface area (TPSA) is 101 Å². The second-order valence-electron chi connectivity index (χ2n) is 5.97. The van der Waals surface area contributed by atoms with Gasteiger partial charge in [-0.1, -0.05) is 20.8 Å². The van der Waals surface area contributed by atoms with Crippen LogP contribution in [0.4, 0.5) is 11.4 Å². The van der Waals surface area contributed by atoms with Gasteiger partial charge in [0.2, 0.25) is 5.91 Å². The fourth-order valence-electron chi connectivity index (χ4n) is 1.87. The molecule has 6 N–H and O–H groups in total. The number of anilines is 2. The molecule has 19 heavy (non-hydrogen) atoms. The van der Waals surface area contributed by atoms with E-state index >= 15 is 0 Å². The van der Waals surface area contributed by atoms with Gasteiger partial charge in [-0.3, -0.25) is 4.79 Å². The lowest BCUT2D eigenvalue weighted by molar-refractivity contribution is 0.100. The first kappa shape index (κ1) is 15.3. The molecular weight excluding hydrogens is 242 g/mol. The van der Waals surface area contributed by atoms with E-state index in [1.807, 2.05) is 0 Å². The van der Waals surface area contributed by atoms with E-state index in [9.17, 15) is 9.90 Å². The third-order valence-electron chi connectivity index (χ3n) is 2.71. The molecule has 1 aromatic carbocycles. The van der Waals surface area contributed by atoms with Crippen molar-refractivity contribution < 1.29 is 9.90 Å². The average Bonchev–Trinajstić information content (AvgIpc) is 2.25. The first-order chi connectivity index (χ1) is 8.69. The average molecular weight is 265 g/mol. The van der Waals surface area contributed by atoms with Crippen LogP contribution in [0.25, 0.3) is 0 Å². The normalized spacial score (nSPS) is 13.1. The maximum absolute atomic E-state index is 11.1. The van der Waals surface area contributed by atoms with Gasteiger partial charge in [0, 0.05) is 12.1 Å². The maximum Gasteiger partial charge on any atom is 0.248 e. The summed E-state index contributed by atoms with van der Waals surface area (Å²) < 4.78 is 0.